The van der Waals surface area contributed by atoms with Crippen LogP contribution >= 0.6 is 0 Å². The van der Waals surface area contributed by atoms with Crippen LogP contribution in [0.5, 0.6) is 0 Å². The molecule has 0 fully saturated rings. The summed E-state index contributed by atoms with van der Waals surface area (Å²) >= 11 is 0. The molecule has 4 rings (SSSR count). The summed E-state index contributed by atoms with van der Waals surface area (Å²) < 4.78 is 3.06. The number of nitrogens with zero attached hydrogens (tertiary/aromatic N) is 10. The molecule has 0 amide bonds. The first kappa shape index (κ1) is 15.6. The molecule has 0 atom stereocenters. The molecular formula is C15H13N11. The van der Waals surface area contributed by atoms with Gasteiger partial charge in [0.25, 0.3) is 11.6 Å². The van der Waals surface area contributed by atoms with Gasteiger partial charge in [-0.15, -0.1) is 10.2 Å². The van der Waals surface area contributed by atoms with Crippen LogP contribution in [0, 0.1) is 27.3 Å². The third-order valence-corrected chi connectivity index (χ3v) is 3.76. The summed E-state index contributed by atoms with van der Waals surface area (Å²) in [7, 11) is 0. The maximum atomic E-state index is 7.43. The molecule has 0 aliphatic rings. The van der Waals surface area contributed by atoms with E-state index in [-0.39, 0.29) is 5.82 Å². The van der Waals surface area contributed by atoms with Crippen LogP contribution in [0.2, 0.25) is 0 Å². The monoisotopic (exact) mass is 347 g/mol. The molecular weight excluding hydrogens is 334 g/mol. The van der Waals surface area contributed by atoms with Crippen molar-refractivity contribution in [3.8, 4) is 5.95 Å². The van der Waals surface area contributed by atoms with Gasteiger partial charge in [0.2, 0.25) is 0 Å². The highest BCUT2D eigenvalue weighted by atomic mass is 15.4. The number of rotatable bonds is 3. The number of aromatic nitrogens is 8. The summed E-state index contributed by atoms with van der Waals surface area (Å²) in [5.74, 6) is 1.29. The van der Waals surface area contributed by atoms with E-state index in [1.807, 2.05) is 13.8 Å². The zero-order valence-electron chi connectivity index (χ0n) is 14.2. The largest absolute Gasteiger partial charge is 0.258 e. The minimum Gasteiger partial charge on any atom is -0.258 e. The molecule has 4 aromatic heterocycles. The smallest absolute Gasteiger partial charge is 0.255 e. The highest BCUT2D eigenvalue weighted by molar-refractivity contribution is 5.69. The second-order valence-electron chi connectivity index (χ2n) is 5.50. The molecule has 11 nitrogen and oxygen atoms in total. The quantitative estimate of drug-likeness (QED) is 0.451. The SMILES string of the molecule is [C-]#[N+]c1c(C)nn(-c2ncccn2)c1/N=N/c1c(C)nn2c(C)n[nH]c12. The summed E-state index contributed by atoms with van der Waals surface area (Å²) in [5.41, 5.74) is 2.68. The van der Waals surface area contributed by atoms with Crippen molar-refractivity contribution in [3.63, 3.8) is 0 Å². The Morgan fingerprint density at radius 1 is 1.08 bits per heavy atom. The number of nitrogens with one attached hydrogen (secondary N) is 1. The lowest BCUT2D eigenvalue weighted by molar-refractivity contribution is 0.793. The summed E-state index contributed by atoms with van der Waals surface area (Å²) in [6.07, 6.45) is 3.19. The van der Waals surface area contributed by atoms with Crippen molar-refractivity contribution < 1.29 is 0 Å². The van der Waals surface area contributed by atoms with Crippen molar-refractivity contribution in [1.29, 1.82) is 0 Å². The van der Waals surface area contributed by atoms with E-state index in [0.29, 0.717) is 40.2 Å². The van der Waals surface area contributed by atoms with E-state index in [9.17, 15) is 0 Å². The molecule has 0 bridgehead atoms. The van der Waals surface area contributed by atoms with Crippen LogP contribution in [0.25, 0.3) is 16.4 Å². The fourth-order valence-electron chi connectivity index (χ4n) is 2.52. The lowest BCUT2D eigenvalue weighted by Gasteiger charge is -2.00. The summed E-state index contributed by atoms with van der Waals surface area (Å²) in [6, 6.07) is 1.70. The Balaban J connectivity index is 1.87. The minimum absolute atomic E-state index is 0.263. The van der Waals surface area contributed by atoms with Crippen molar-refractivity contribution in [2.24, 2.45) is 10.2 Å². The first-order valence-corrected chi connectivity index (χ1v) is 7.66. The standard InChI is InChI=1S/C15H13N11/c1-8-11(16-4)13(26(24-8)15-17-6-5-7-18-15)22-20-12-9(2)23-25-10(3)19-21-14(12)25/h5-7,21H,1-3H3/b22-20+. The molecule has 0 aliphatic heterocycles. The molecule has 4 heterocycles. The van der Waals surface area contributed by atoms with E-state index in [1.54, 1.807) is 29.9 Å². The Labute approximate surface area is 147 Å². The Morgan fingerprint density at radius 2 is 1.85 bits per heavy atom. The molecule has 1 N–H and O–H groups in total. The van der Waals surface area contributed by atoms with Gasteiger partial charge in [-0.2, -0.15) is 24.5 Å². The third-order valence-electron chi connectivity index (χ3n) is 3.76. The number of fused-ring (bicyclic) bond motifs is 1. The molecule has 128 valence electrons. The van der Waals surface area contributed by atoms with Crippen molar-refractivity contribution in [2.75, 3.05) is 0 Å². The fourth-order valence-corrected chi connectivity index (χ4v) is 2.52. The van der Waals surface area contributed by atoms with Gasteiger partial charge in [-0.25, -0.2) is 14.8 Å². The Hall–Kier alpha value is -3.94. The molecule has 0 spiro atoms. The maximum Gasteiger partial charge on any atom is 0.255 e. The van der Waals surface area contributed by atoms with Gasteiger partial charge in [0, 0.05) is 12.4 Å². The summed E-state index contributed by atoms with van der Waals surface area (Å²) in [5, 5.41) is 24.2. The van der Waals surface area contributed by atoms with Crippen LogP contribution in [0.15, 0.2) is 28.7 Å². The molecule has 26 heavy (non-hydrogen) atoms. The molecule has 0 unspecified atom stereocenters. The molecule has 0 saturated heterocycles. The van der Waals surface area contributed by atoms with Crippen LogP contribution in [0.1, 0.15) is 17.2 Å². The van der Waals surface area contributed by atoms with Gasteiger partial charge < -0.3 is 0 Å². The van der Waals surface area contributed by atoms with Gasteiger partial charge in [0.15, 0.2) is 17.2 Å². The van der Waals surface area contributed by atoms with Crippen molar-refractivity contribution in [3.05, 3.63) is 47.1 Å². The van der Waals surface area contributed by atoms with Gasteiger partial charge >= 0.3 is 0 Å². The molecule has 0 aliphatic carbocycles. The van der Waals surface area contributed by atoms with E-state index in [2.05, 4.69) is 45.4 Å². The van der Waals surface area contributed by atoms with E-state index in [1.165, 1.54) is 4.68 Å². The number of hydrogen-bond acceptors (Lipinski definition) is 7. The molecule has 0 saturated carbocycles. The molecule has 0 aromatic carbocycles. The molecule has 4 aromatic rings. The number of aromatic amines is 1. The number of azo groups is 1. The number of aryl methyl sites for hydroxylation is 3. The average molecular weight is 347 g/mol. The van der Waals surface area contributed by atoms with Crippen LogP contribution in [0.3, 0.4) is 0 Å². The van der Waals surface area contributed by atoms with Crippen LogP contribution in [0.4, 0.5) is 17.2 Å². The van der Waals surface area contributed by atoms with Crippen molar-refractivity contribution in [2.45, 2.75) is 20.8 Å². The fraction of sp³-hybridized carbons (Fsp3) is 0.200. The second-order valence-corrected chi connectivity index (χ2v) is 5.50. The predicted molar refractivity (Wildman–Crippen MR) is 91.1 cm³/mol. The average Bonchev–Trinajstić information content (AvgIpc) is 3.27. The van der Waals surface area contributed by atoms with Gasteiger partial charge in [-0.1, -0.05) is 0 Å². The highest BCUT2D eigenvalue weighted by Gasteiger charge is 2.19. The van der Waals surface area contributed by atoms with E-state index < -0.39 is 0 Å². The van der Waals surface area contributed by atoms with Gasteiger partial charge in [0.05, 0.1) is 18.0 Å². The number of hydrogen-bond donors (Lipinski definition) is 1. The molecule has 0 radical (unpaired) electrons. The van der Waals surface area contributed by atoms with Crippen molar-refractivity contribution in [1.82, 2.24) is 39.6 Å². The lowest BCUT2D eigenvalue weighted by Crippen LogP contribution is -2.01. The minimum atomic E-state index is 0.263. The summed E-state index contributed by atoms with van der Waals surface area (Å²) in [4.78, 5) is 11.9. The highest BCUT2D eigenvalue weighted by Crippen LogP contribution is 2.35. The van der Waals surface area contributed by atoms with E-state index in [4.69, 9.17) is 6.57 Å². The predicted octanol–water partition coefficient (Wildman–Crippen LogP) is 2.92. The van der Waals surface area contributed by atoms with Gasteiger partial charge in [-0.05, 0) is 26.8 Å². The zero-order valence-corrected chi connectivity index (χ0v) is 14.2. The van der Waals surface area contributed by atoms with Crippen LogP contribution < -0.4 is 0 Å². The Bertz CT molecular complexity index is 1170. The topological polar surface area (TPSA) is 119 Å². The van der Waals surface area contributed by atoms with E-state index in [0.717, 1.165) is 0 Å². The molecule has 11 heteroatoms. The normalized spacial score (nSPS) is 11.5. The first-order valence-electron chi connectivity index (χ1n) is 7.66. The third kappa shape index (κ3) is 2.32. The Morgan fingerprint density at radius 3 is 2.58 bits per heavy atom. The van der Waals surface area contributed by atoms with Gasteiger partial charge in [0.1, 0.15) is 5.82 Å². The van der Waals surface area contributed by atoms with E-state index >= 15 is 0 Å². The zero-order chi connectivity index (χ0) is 18.3. The number of H-pyrrole nitrogens is 1. The second kappa shape index (κ2) is 5.85. The lowest BCUT2D eigenvalue weighted by atomic mass is 10.4. The maximum absolute atomic E-state index is 7.43. The van der Waals surface area contributed by atoms with Crippen molar-refractivity contribution >= 4 is 22.8 Å². The summed E-state index contributed by atoms with van der Waals surface area (Å²) in [6.45, 7) is 12.8. The Kier molecular flexibility index (Phi) is 3.51. The first-order chi connectivity index (χ1) is 12.6. The van der Waals surface area contributed by atoms with Crippen LogP contribution in [-0.2, 0) is 0 Å². The van der Waals surface area contributed by atoms with Gasteiger partial charge in [-0.3, -0.25) is 5.10 Å². The van der Waals surface area contributed by atoms with Crippen LogP contribution in [-0.4, -0.2) is 39.6 Å².